The summed E-state index contributed by atoms with van der Waals surface area (Å²) in [5.41, 5.74) is 4.47. The quantitative estimate of drug-likeness (QED) is 0.304. The summed E-state index contributed by atoms with van der Waals surface area (Å²) in [6.45, 7) is 1.47. The standard InChI is InChI=1S/C11H16N6O4/c1-3(18)4-7(19)9(20)11(12,15-4)8-5-6(16-17-8)10(21)14-2-13-5/h2-4,7,9,15,18-20H,12H2,1H3,(H,16,17)(H,13,14,21)/t3?,4-,7-,9-,11+/m1/s1. The molecule has 5 atom stereocenters. The molecule has 1 aliphatic rings. The molecule has 10 heteroatoms. The van der Waals surface area contributed by atoms with Gasteiger partial charge in [0.2, 0.25) is 0 Å². The molecule has 0 saturated carbocycles. The summed E-state index contributed by atoms with van der Waals surface area (Å²) >= 11 is 0. The lowest BCUT2D eigenvalue weighted by molar-refractivity contribution is -0.00994. The lowest BCUT2D eigenvalue weighted by atomic mass is 9.98. The molecule has 3 heterocycles. The van der Waals surface area contributed by atoms with E-state index in [4.69, 9.17) is 5.73 Å². The molecule has 3 rings (SSSR count). The number of hydrogen-bond donors (Lipinski definition) is 7. The van der Waals surface area contributed by atoms with Crippen LogP contribution in [-0.2, 0) is 5.66 Å². The van der Waals surface area contributed by atoms with E-state index >= 15 is 0 Å². The lowest BCUT2D eigenvalue weighted by Crippen LogP contribution is -2.55. The smallest absolute Gasteiger partial charge is 0.279 e. The van der Waals surface area contributed by atoms with E-state index in [0.29, 0.717) is 0 Å². The fourth-order valence-electron chi connectivity index (χ4n) is 2.67. The van der Waals surface area contributed by atoms with Gasteiger partial charge in [-0.15, -0.1) is 0 Å². The summed E-state index contributed by atoms with van der Waals surface area (Å²) in [6, 6.07) is -0.828. The highest BCUT2D eigenvalue weighted by molar-refractivity contribution is 5.76. The molecule has 2 aromatic heterocycles. The van der Waals surface area contributed by atoms with E-state index < -0.39 is 35.6 Å². The van der Waals surface area contributed by atoms with Crippen LogP contribution in [0.2, 0.25) is 0 Å². The third-order valence-electron chi connectivity index (χ3n) is 3.84. The fourth-order valence-corrected chi connectivity index (χ4v) is 2.67. The maximum Gasteiger partial charge on any atom is 0.279 e. The zero-order valence-corrected chi connectivity index (χ0v) is 11.1. The van der Waals surface area contributed by atoms with Crippen LogP contribution >= 0.6 is 0 Å². The molecular formula is C11H16N6O4. The zero-order valence-electron chi connectivity index (χ0n) is 11.1. The van der Waals surface area contributed by atoms with Gasteiger partial charge in [-0.3, -0.25) is 15.2 Å². The van der Waals surface area contributed by atoms with Crippen molar-refractivity contribution in [2.45, 2.75) is 36.9 Å². The minimum atomic E-state index is -1.61. The Morgan fingerprint density at radius 3 is 2.76 bits per heavy atom. The number of aliphatic hydroxyl groups excluding tert-OH is 3. The topological polar surface area (TPSA) is 173 Å². The molecule has 1 saturated heterocycles. The Kier molecular flexibility index (Phi) is 3.07. The van der Waals surface area contributed by atoms with Crippen LogP contribution in [0.15, 0.2) is 11.1 Å². The second-order valence-electron chi connectivity index (χ2n) is 5.24. The summed E-state index contributed by atoms with van der Waals surface area (Å²) in [7, 11) is 0. The lowest BCUT2D eigenvalue weighted by Gasteiger charge is -2.27. The largest absolute Gasteiger partial charge is 0.392 e. The van der Waals surface area contributed by atoms with E-state index in [2.05, 4.69) is 25.5 Å². The normalized spacial score (nSPS) is 34.4. The van der Waals surface area contributed by atoms with Gasteiger partial charge < -0.3 is 26.0 Å². The van der Waals surface area contributed by atoms with E-state index in [0.717, 1.165) is 0 Å². The van der Waals surface area contributed by atoms with E-state index in [1.807, 2.05) is 0 Å². The maximum atomic E-state index is 11.6. The number of fused-ring (bicyclic) bond motifs is 1. The Morgan fingerprint density at radius 2 is 2.14 bits per heavy atom. The van der Waals surface area contributed by atoms with Gasteiger partial charge in [0.25, 0.3) is 5.56 Å². The number of hydrogen-bond acceptors (Lipinski definition) is 8. The van der Waals surface area contributed by atoms with E-state index in [-0.39, 0.29) is 16.7 Å². The summed E-state index contributed by atoms with van der Waals surface area (Å²) in [4.78, 5) is 18.0. The number of nitrogens with zero attached hydrogens (tertiary/aromatic N) is 2. The van der Waals surface area contributed by atoms with Gasteiger partial charge >= 0.3 is 0 Å². The number of nitrogens with one attached hydrogen (secondary N) is 3. The first-order valence-corrected chi connectivity index (χ1v) is 6.39. The van der Waals surface area contributed by atoms with Crippen molar-refractivity contribution in [2.24, 2.45) is 5.73 Å². The summed E-state index contributed by atoms with van der Waals surface area (Å²) < 4.78 is 0. The number of H-pyrrole nitrogens is 2. The van der Waals surface area contributed by atoms with Crippen LogP contribution in [-0.4, -0.2) is 59.8 Å². The van der Waals surface area contributed by atoms with Gasteiger partial charge in [-0.1, -0.05) is 0 Å². The van der Waals surface area contributed by atoms with Crippen LogP contribution in [0.25, 0.3) is 11.0 Å². The van der Waals surface area contributed by atoms with E-state index in [1.165, 1.54) is 13.3 Å². The molecular weight excluding hydrogens is 280 g/mol. The van der Waals surface area contributed by atoms with Crippen molar-refractivity contribution in [2.75, 3.05) is 0 Å². The highest BCUT2D eigenvalue weighted by atomic mass is 16.3. The first kappa shape index (κ1) is 14.1. The van der Waals surface area contributed by atoms with Crippen LogP contribution < -0.4 is 16.6 Å². The highest BCUT2D eigenvalue weighted by Crippen LogP contribution is 2.32. The van der Waals surface area contributed by atoms with Crippen molar-refractivity contribution in [3.8, 4) is 0 Å². The van der Waals surface area contributed by atoms with Gasteiger partial charge in [0.1, 0.15) is 23.4 Å². The molecule has 21 heavy (non-hydrogen) atoms. The SMILES string of the molecule is CC(O)[C@H]1N[C@@](N)(c2[nH]nc3c(=O)[nH]cnc23)[C@H](O)[C@@H]1O. The molecule has 8 N–H and O–H groups in total. The number of nitrogens with two attached hydrogens (primary N) is 1. The third kappa shape index (κ3) is 1.88. The predicted molar refractivity (Wildman–Crippen MR) is 71.0 cm³/mol. The molecule has 0 spiro atoms. The molecule has 1 aliphatic heterocycles. The molecule has 1 fully saturated rings. The summed E-state index contributed by atoms with van der Waals surface area (Å²) in [5, 5.41) is 39.1. The summed E-state index contributed by atoms with van der Waals surface area (Å²) in [5.74, 6) is 0. The number of aromatic amines is 2. The van der Waals surface area contributed by atoms with Crippen molar-refractivity contribution in [1.29, 1.82) is 0 Å². The van der Waals surface area contributed by atoms with E-state index in [9.17, 15) is 20.1 Å². The van der Waals surface area contributed by atoms with Crippen LogP contribution in [0.3, 0.4) is 0 Å². The third-order valence-corrected chi connectivity index (χ3v) is 3.84. The minimum absolute atomic E-state index is 0.0429. The van der Waals surface area contributed by atoms with Gasteiger partial charge in [0, 0.05) is 0 Å². The van der Waals surface area contributed by atoms with Gasteiger partial charge in [-0.05, 0) is 6.92 Å². The Balaban J connectivity index is 2.13. The molecule has 0 aliphatic carbocycles. The van der Waals surface area contributed by atoms with Gasteiger partial charge in [-0.2, -0.15) is 5.10 Å². The second kappa shape index (κ2) is 4.58. The van der Waals surface area contributed by atoms with Crippen LogP contribution in [0.5, 0.6) is 0 Å². The molecule has 1 unspecified atom stereocenters. The number of rotatable bonds is 2. The van der Waals surface area contributed by atoms with Crippen molar-refractivity contribution in [3.05, 3.63) is 22.4 Å². The molecule has 0 bridgehead atoms. The molecule has 0 aromatic carbocycles. The second-order valence-corrected chi connectivity index (χ2v) is 5.24. The van der Waals surface area contributed by atoms with Crippen molar-refractivity contribution >= 4 is 11.0 Å². The average Bonchev–Trinajstić information content (AvgIpc) is 2.96. The molecule has 10 nitrogen and oxygen atoms in total. The minimum Gasteiger partial charge on any atom is -0.392 e. The highest BCUT2D eigenvalue weighted by Gasteiger charge is 2.54. The van der Waals surface area contributed by atoms with Crippen molar-refractivity contribution in [3.63, 3.8) is 0 Å². The Morgan fingerprint density at radius 1 is 1.43 bits per heavy atom. The number of aromatic nitrogens is 4. The Labute approximate surface area is 118 Å². The average molecular weight is 296 g/mol. The monoisotopic (exact) mass is 296 g/mol. The first-order valence-electron chi connectivity index (χ1n) is 6.39. The fraction of sp³-hybridized carbons (Fsp3) is 0.545. The van der Waals surface area contributed by atoms with Gasteiger partial charge in [-0.25, -0.2) is 4.98 Å². The Hall–Kier alpha value is -1.85. The maximum absolute atomic E-state index is 11.6. The summed E-state index contributed by atoms with van der Waals surface area (Å²) in [6.07, 6.45) is -2.44. The molecule has 0 amide bonds. The Bertz CT molecular complexity index is 727. The van der Waals surface area contributed by atoms with Gasteiger partial charge in [0.05, 0.1) is 24.2 Å². The van der Waals surface area contributed by atoms with Crippen LogP contribution in [0.4, 0.5) is 0 Å². The molecule has 114 valence electrons. The molecule has 0 radical (unpaired) electrons. The van der Waals surface area contributed by atoms with E-state index in [1.54, 1.807) is 0 Å². The van der Waals surface area contributed by atoms with Crippen LogP contribution in [0.1, 0.15) is 12.6 Å². The van der Waals surface area contributed by atoms with Crippen molar-refractivity contribution < 1.29 is 15.3 Å². The van der Waals surface area contributed by atoms with Crippen molar-refractivity contribution in [1.82, 2.24) is 25.5 Å². The predicted octanol–water partition coefficient (Wildman–Crippen LogP) is -3.17. The van der Waals surface area contributed by atoms with Gasteiger partial charge in [0.15, 0.2) is 5.52 Å². The van der Waals surface area contributed by atoms with Crippen LogP contribution in [0, 0.1) is 0 Å². The molecule has 2 aromatic rings. The zero-order chi connectivity index (χ0) is 15.4. The first-order chi connectivity index (χ1) is 9.86. The number of aliphatic hydroxyl groups is 3.